The lowest BCUT2D eigenvalue weighted by molar-refractivity contribution is -0.122. The summed E-state index contributed by atoms with van der Waals surface area (Å²) >= 11 is 0. The van der Waals surface area contributed by atoms with Gasteiger partial charge >= 0.3 is 0 Å². The lowest BCUT2D eigenvalue weighted by Gasteiger charge is -2.23. The number of aliphatic hydroxyl groups excluding tert-OH is 1. The molecule has 0 bridgehead atoms. The maximum Gasteiger partial charge on any atom is 0.266 e. The maximum absolute atomic E-state index is 12.4. The molecule has 0 aromatic rings. The third-order valence-corrected chi connectivity index (χ3v) is 7.72. The van der Waals surface area contributed by atoms with Crippen LogP contribution in [0.4, 0.5) is 0 Å². The fourth-order valence-electron chi connectivity index (χ4n) is 4.47. The molecule has 0 rings (SSSR count). The third kappa shape index (κ3) is 31.0. The predicted octanol–water partition coefficient (Wildman–Crippen LogP) is 9.12. The van der Waals surface area contributed by atoms with Crippen molar-refractivity contribution in [3.8, 4) is 0 Å². The van der Waals surface area contributed by atoms with Gasteiger partial charge in [0.25, 0.3) is 10.1 Å². The molecule has 6 nitrogen and oxygen atoms in total. The van der Waals surface area contributed by atoms with Crippen LogP contribution in [0.3, 0.4) is 0 Å². The first-order valence-corrected chi connectivity index (χ1v) is 18.2. The molecular formula is C36H61NO5S. The topological polar surface area (TPSA) is 104 Å². The van der Waals surface area contributed by atoms with Crippen LogP contribution < -0.4 is 5.32 Å². The molecule has 0 aromatic carbocycles. The molecule has 2 atom stereocenters. The third-order valence-electron chi connectivity index (χ3n) is 6.94. The van der Waals surface area contributed by atoms with Crippen LogP contribution in [0.15, 0.2) is 72.9 Å². The van der Waals surface area contributed by atoms with Crippen LogP contribution in [0, 0.1) is 0 Å². The molecule has 0 heterocycles. The lowest BCUT2D eigenvalue weighted by atomic mass is 10.0. The summed E-state index contributed by atoms with van der Waals surface area (Å²) in [6.07, 6.45) is 41.5. The van der Waals surface area contributed by atoms with E-state index >= 15 is 0 Å². The van der Waals surface area contributed by atoms with Crippen molar-refractivity contribution in [1.29, 1.82) is 0 Å². The van der Waals surface area contributed by atoms with E-state index in [1.165, 1.54) is 38.5 Å². The molecule has 0 aliphatic carbocycles. The molecule has 0 aliphatic heterocycles. The average Bonchev–Trinajstić information content (AvgIpc) is 2.96. The molecule has 0 aliphatic rings. The summed E-state index contributed by atoms with van der Waals surface area (Å²) in [4.78, 5) is 12.4. The maximum atomic E-state index is 12.4. The van der Waals surface area contributed by atoms with E-state index in [0.29, 0.717) is 12.8 Å². The standard InChI is InChI=1S/C36H61NO5S/c1-3-5-7-9-11-13-14-15-16-17-18-19-20-21-22-24-26-28-30-32-36(39)37-34(33-43(40,41)42)35(38)31-29-27-25-23-12-10-8-6-4-2/h5,7,11,13,15-16,18-19,21-22,26,28,34-35,38H,3-4,6,8-10,12,14,17,20,23-25,27,29-33H2,1-2H3,(H,37,39)(H,40,41,42)/b7-5-,13-11-,16-15-,19-18-,22-21-,28-26-. The first-order chi connectivity index (χ1) is 20.8. The molecule has 2 unspecified atom stereocenters. The molecule has 0 saturated carbocycles. The van der Waals surface area contributed by atoms with Gasteiger partial charge in [-0.2, -0.15) is 8.42 Å². The predicted molar refractivity (Wildman–Crippen MR) is 184 cm³/mol. The lowest BCUT2D eigenvalue weighted by Crippen LogP contribution is -2.47. The molecule has 1 amide bonds. The van der Waals surface area contributed by atoms with Crippen molar-refractivity contribution in [2.45, 2.75) is 142 Å². The first kappa shape index (κ1) is 40.8. The number of hydrogen-bond donors (Lipinski definition) is 3. The van der Waals surface area contributed by atoms with Gasteiger partial charge in [0.1, 0.15) is 0 Å². The highest BCUT2D eigenvalue weighted by atomic mass is 32.2. The Balaban J connectivity index is 4.14. The molecule has 0 radical (unpaired) electrons. The summed E-state index contributed by atoms with van der Waals surface area (Å²) in [6, 6.07) is -1.01. The van der Waals surface area contributed by atoms with Crippen LogP contribution in [0.1, 0.15) is 129 Å². The molecule has 0 saturated heterocycles. The summed E-state index contributed by atoms with van der Waals surface area (Å²) in [6.45, 7) is 4.34. The Labute approximate surface area is 264 Å². The summed E-state index contributed by atoms with van der Waals surface area (Å²) in [5.41, 5.74) is 0. The van der Waals surface area contributed by atoms with Crippen molar-refractivity contribution in [3.63, 3.8) is 0 Å². The van der Waals surface area contributed by atoms with E-state index in [9.17, 15) is 22.9 Å². The number of amides is 1. The van der Waals surface area contributed by atoms with Crippen LogP contribution in [0.2, 0.25) is 0 Å². The Morgan fingerprint density at radius 3 is 1.51 bits per heavy atom. The first-order valence-electron chi connectivity index (χ1n) is 16.6. The molecule has 246 valence electrons. The van der Waals surface area contributed by atoms with E-state index in [1.807, 2.05) is 12.2 Å². The number of hydrogen-bond acceptors (Lipinski definition) is 4. The average molecular weight is 620 g/mol. The van der Waals surface area contributed by atoms with Crippen molar-refractivity contribution in [2.24, 2.45) is 0 Å². The van der Waals surface area contributed by atoms with Gasteiger partial charge in [-0.3, -0.25) is 9.35 Å². The normalized spacial score (nSPS) is 14.4. The van der Waals surface area contributed by atoms with Gasteiger partial charge in [-0.15, -0.1) is 0 Å². The van der Waals surface area contributed by atoms with E-state index in [4.69, 9.17) is 0 Å². The number of nitrogens with one attached hydrogen (secondary N) is 1. The Morgan fingerprint density at radius 1 is 0.651 bits per heavy atom. The van der Waals surface area contributed by atoms with E-state index in [2.05, 4.69) is 79.9 Å². The number of allylic oxidation sites excluding steroid dienone is 12. The van der Waals surface area contributed by atoms with Crippen molar-refractivity contribution < 1.29 is 22.9 Å². The van der Waals surface area contributed by atoms with Crippen molar-refractivity contribution in [1.82, 2.24) is 5.32 Å². The molecule has 7 heteroatoms. The van der Waals surface area contributed by atoms with Gasteiger partial charge in [-0.05, 0) is 51.4 Å². The summed E-state index contributed by atoms with van der Waals surface area (Å²) in [5.74, 6) is -1.02. The molecule has 0 fully saturated rings. The number of rotatable bonds is 28. The molecule has 3 N–H and O–H groups in total. The largest absolute Gasteiger partial charge is 0.391 e. The van der Waals surface area contributed by atoms with Gasteiger partial charge in [0.05, 0.1) is 17.9 Å². The Kier molecular flexibility index (Phi) is 28.3. The molecule has 43 heavy (non-hydrogen) atoms. The molecule has 0 spiro atoms. The van der Waals surface area contributed by atoms with Gasteiger partial charge in [-0.1, -0.05) is 145 Å². The minimum absolute atomic E-state index is 0.189. The van der Waals surface area contributed by atoms with Crippen LogP contribution in [-0.2, 0) is 14.9 Å². The van der Waals surface area contributed by atoms with Gasteiger partial charge in [-0.25, -0.2) is 0 Å². The molecule has 0 aromatic heterocycles. The monoisotopic (exact) mass is 619 g/mol. The number of aliphatic hydroxyl groups is 1. The van der Waals surface area contributed by atoms with Crippen molar-refractivity contribution in [3.05, 3.63) is 72.9 Å². The Bertz CT molecular complexity index is 947. The highest BCUT2D eigenvalue weighted by Crippen LogP contribution is 2.13. The summed E-state index contributed by atoms with van der Waals surface area (Å²) < 4.78 is 32.2. The number of carbonyl (C=O) groups is 1. The summed E-state index contributed by atoms with van der Waals surface area (Å²) in [7, 11) is -4.33. The van der Waals surface area contributed by atoms with Gasteiger partial charge in [0, 0.05) is 6.42 Å². The minimum atomic E-state index is -4.33. The van der Waals surface area contributed by atoms with E-state index in [1.54, 1.807) is 0 Å². The quantitative estimate of drug-likeness (QED) is 0.0460. The molecular weight excluding hydrogens is 558 g/mol. The minimum Gasteiger partial charge on any atom is -0.391 e. The van der Waals surface area contributed by atoms with Crippen LogP contribution in [-0.4, -0.2) is 41.9 Å². The smallest absolute Gasteiger partial charge is 0.266 e. The van der Waals surface area contributed by atoms with Gasteiger partial charge in [0.2, 0.25) is 5.91 Å². The van der Waals surface area contributed by atoms with E-state index in [-0.39, 0.29) is 12.3 Å². The second-order valence-corrected chi connectivity index (χ2v) is 12.6. The van der Waals surface area contributed by atoms with Crippen molar-refractivity contribution in [2.75, 3.05) is 5.75 Å². The summed E-state index contributed by atoms with van der Waals surface area (Å²) in [5, 5.41) is 13.1. The van der Waals surface area contributed by atoms with Crippen molar-refractivity contribution >= 4 is 16.0 Å². The number of carbonyl (C=O) groups excluding carboxylic acids is 1. The Morgan fingerprint density at radius 2 is 1.07 bits per heavy atom. The fourth-order valence-corrected chi connectivity index (χ4v) is 5.23. The van der Waals surface area contributed by atoms with E-state index < -0.39 is 28.0 Å². The fraction of sp³-hybridized carbons (Fsp3) is 0.639. The Hall–Kier alpha value is -2.22. The van der Waals surface area contributed by atoms with Crippen LogP contribution >= 0.6 is 0 Å². The van der Waals surface area contributed by atoms with Crippen LogP contribution in [0.5, 0.6) is 0 Å². The SMILES string of the molecule is CC/C=C\C/C=C\C/C=C\C/C=C\C/C=C\C/C=C\CCC(=O)NC(CS(=O)(=O)O)C(O)CCCCCCCCCCC. The zero-order valence-corrected chi connectivity index (χ0v) is 27.9. The van der Waals surface area contributed by atoms with E-state index in [0.717, 1.165) is 57.8 Å². The second kappa shape index (κ2) is 29.8. The van der Waals surface area contributed by atoms with Gasteiger partial charge < -0.3 is 10.4 Å². The number of unbranched alkanes of at least 4 members (excludes halogenated alkanes) is 8. The highest BCUT2D eigenvalue weighted by Gasteiger charge is 2.25. The van der Waals surface area contributed by atoms with Crippen LogP contribution in [0.25, 0.3) is 0 Å². The van der Waals surface area contributed by atoms with Gasteiger partial charge in [0.15, 0.2) is 0 Å². The zero-order chi connectivity index (χ0) is 31.9. The second-order valence-electron chi connectivity index (χ2n) is 11.1. The highest BCUT2D eigenvalue weighted by molar-refractivity contribution is 7.85. The zero-order valence-electron chi connectivity index (χ0n) is 27.0.